The van der Waals surface area contributed by atoms with Gasteiger partial charge in [0.25, 0.3) is 11.5 Å². The molecule has 102 valence electrons. The molecular weight excluding hydrogens is 236 g/mol. The molecule has 0 atom stereocenters. The van der Waals surface area contributed by atoms with Gasteiger partial charge in [0.05, 0.1) is 6.54 Å². The van der Waals surface area contributed by atoms with Crippen molar-refractivity contribution in [2.75, 3.05) is 26.7 Å². The molecule has 1 aromatic rings. The van der Waals surface area contributed by atoms with E-state index >= 15 is 0 Å². The molecule has 0 unspecified atom stereocenters. The fraction of sp³-hybridized carbons (Fsp3) is 0.667. The maximum atomic E-state index is 11.8. The average Bonchev–Trinajstić information content (AvgIpc) is 2.64. The molecule has 1 aromatic heterocycles. The second-order valence-corrected chi connectivity index (χ2v) is 4.39. The van der Waals surface area contributed by atoms with Gasteiger partial charge in [-0.05, 0) is 39.8 Å². The number of unbranched alkanes of at least 4 members (excludes halogenated alkanes) is 2. The van der Waals surface area contributed by atoms with E-state index in [-0.39, 0.29) is 19.1 Å². The van der Waals surface area contributed by atoms with E-state index in [9.17, 15) is 9.59 Å². The first-order valence-corrected chi connectivity index (χ1v) is 6.07. The van der Waals surface area contributed by atoms with Crippen LogP contribution in [0.15, 0.2) is 15.4 Å². The maximum Gasteiger partial charge on any atom is 0.290 e. The van der Waals surface area contributed by atoms with Crippen LogP contribution in [0.1, 0.15) is 29.8 Å². The molecule has 0 aliphatic rings. The number of aliphatic hydroxyl groups excluding tert-OH is 1. The van der Waals surface area contributed by atoms with Gasteiger partial charge in [-0.25, -0.2) is 0 Å². The summed E-state index contributed by atoms with van der Waals surface area (Å²) in [7, 11) is 1.82. The SMILES string of the molecule is Cc1cc(=O)n(C(=O)CN(C)CCCCCO)o1. The predicted molar refractivity (Wildman–Crippen MR) is 66.8 cm³/mol. The van der Waals surface area contributed by atoms with E-state index in [0.29, 0.717) is 5.76 Å². The van der Waals surface area contributed by atoms with Gasteiger partial charge in [-0.3, -0.25) is 14.5 Å². The van der Waals surface area contributed by atoms with E-state index in [1.54, 1.807) is 6.92 Å². The summed E-state index contributed by atoms with van der Waals surface area (Å²) in [5.41, 5.74) is -0.425. The van der Waals surface area contributed by atoms with E-state index < -0.39 is 5.56 Å². The third-order valence-corrected chi connectivity index (χ3v) is 2.59. The molecule has 0 bridgehead atoms. The van der Waals surface area contributed by atoms with E-state index in [2.05, 4.69) is 0 Å². The van der Waals surface area contributed by atoms with Gasteiger partial charge in [-0.15, -0.1) is 4.74 Å². The Hall–Kier alpha value is -1.40. The van der Waals surface area contributed by atoms with Crippen LogP contribution in [0.3, 0.4) is 0 Å². The fourth-order valence-corrected chi connectivity index (χ4v) is 1.67. The van der Waals surface area contributed by atoms with Gasteiger partial charge >= 0.3 is 0 Å². The molecule has 0 spiro atoms. The highest BCUT2D eigenvalue weighted by molar-refractivity contribution is 5.79. The number of aliphatic hydroxyl groups is 1. The lowest BCUT2D eigenvalue weighted by molar-refractivity contribution is 0.0729. The molecule has 18 heavy (non-hydrogen) atoms. The third-order valence-electron chi connectivity index (χ3n) is 2.59. The average molecular weight is 256 g/mol. The number of rotatable bonds is 7. The monoisotopic (exact) mass is 256 g/mol. The molecule has 1 rings (SSSR count). The Morgan fingerprint density at radius 3 is 2.72 bits per heavy atom. The summed E-state index contributed by atoms with van der Waals surface area (Å²) >= 11 is 0. The molecule has 0 aromatic carbocycles. The molecule has 0 aliphatic heterocycles. The second-order valence-electron chi connectivity index (χ2n) is 4.39. The van der Waals surface area contributed by atoms with Gasteiger partial charge in [-0.1, -0.05) is 0 Å². The summed E-state index contributed by atoms with van der Waals surface area (Å²) in [5.74, 6) is 0.0664. The fourth-order valence-electron chi connectivity index (χ4n) is 1.67. The standard InChI is InChI=1S/C12H20N2O4/c1-10-8-11(16)14(18-10)12(17)9-13(2)6-4-3-5-7-15/h8,15H,3-7,9H2,1-2H3. The summed E-state index contributed by atoms with van der Waals surface area (Å²) in [6, 6.07) is 1.29. The van der Waals surface area contributed by atoms with Crippen molar-refractivity contribution in [2.24, 2.45) is 0 Å². The highest BCUT2D eigenvalue weighted by atomic mass is 16.5. The third kappa shape index (κ3) is 4.46. The van der Waals surface area contributed by atoms with Crippen molar-refractivity contribution in [3.63, 3.8) is 0 Å². The number of nitrogens with zero attached hydrogens (tertiary/aromatic N) is 2. The first kappa shape index (κ1) is 14.7. The number of likely N-dealkylation sites (N-methyl/N-ethyl adjacent to an activating group) is 1. The Balaban J connectivity index is 2.40. The van der Waals surface area contributed by atoms with Gasteiger partial charge in [0.2, 0.25) is 0 Å². The van der Waals surface area contributed by atoms with E-state index in [1.807, 2.05) is 11.9 Å². The first-order valence-electron chi connectivity index (χ1n) is 6.07. The van der Waals surface area contributed by atoms with Crippen LogP contribution in [-0.4, -0.2) is 47.4 Å². The van der Waals surface area contributed by atoms with Gasteiger partial charge in [-0.2, -0.15) is 0 Å². The predicted octanol–water partition coefficient (Wildman–Crippen LogP) is 0.484. The van der Waals surface area contributed by atoms with Crippen LogP contribution in [0.5, 0.6) is 0 Å². The van der Waals surface area contributed by atoms with Crippen LogP contribution < -0.4 is 5.56 Å². The molecule has 6 heteroatoms. The Morgan fingerprint density at radius 1 is 1.44 bits per heavy atom. The molecule has 1 N–H and O–H groups in total. The summed E-state index contributed by atoms with van der Waals surface area (Å²) in [6.45, 7) is 2.72. The summed E-state index contributed by atoms with van der Waals surface area (Å²) in [4.78, 5) is 25.0. The van der Waals surface area contributed by atoms with Crippen LogP contribution >= 0.6 is 0 Å². The Labute approximate surface area is 106 Å². The lowest BCUT2D eigenvalue weighted by atomic mass is 10.2. The van der Waals surface area contributed by atoms with E-state index in [1.165, 1.54) is 6.07 Å². The number of aryl methyl sites for hydroxylation is 1. The minimum atomic E-state index is -0.425. The minimum Gasteiger partial charge on any atom is -0.396 e. The van der Waals surface area contributed by atoms with Crippen molar-refractivity contribution in [2.45, 2.75) is 26.2 Å². The van der Waals surface area contributed by atoms with Gasteiger partial charge in [0.15, 0.2) is 0 Å². The summed E-state index contributed by atoms with van der Waals surface area (Å²) < 4.78 is 5.81. The maximum absolute atomic E-state index is 11.8. The molecule has 0 radical (unpaired) electrons. The van der Waals surface area contributed by atoms with Crippen LogP contribution in [0.2, 0.25) is 0 Å². The molecule has 0 aliphatic carbocycles. The Bertz CT molecular complexity index is 436. The quantitative estimate of drug-likeness (QED) is 0.718. The van der Waals surface area contributed by atoms with Crippen molar-refractivity contribution in [3.8, 4) is 0 Å². The van der Waals surface area contributed by atoms with Gasteiger partial charge < -0.3 is 9.63 Å². The van der Waals surface area contributed by atoms with Crippen LogP contribution in [0.4, 0.5) is 0 Å². The lowest BCUT2D eigenvalue weighted by Crippen LogP contribution is -2.33. The molecule has 0 fully saturated rings. The number of aromatic nitrogens is 1. The van der Waals surface area contributed by atoms with Crippen molar-refractivity contribution in [3.05, 3.63) is 22.2 Å². The van der Waals surface area contributed by atoms with Crippen molar-refractivity contribution < 1.29 is 14.4 Å². The number of hydrogen-bond donors (Lipinski definition) is 1. The lowest BCUT2D eigenvalue weighted by Gasteiger charge is -2.14. The highest BCUT2D eigenvalue weighted by Crippen LogP contribution is 1.98. The van der Waals surface area contributed by atoms with Crippen LogP contribution in [-0.2, 0) is 0 Å². The Morgan fingerprint density at radius 2 is 2.17 bits per heavy atom. The van der Waals surface area contributed by atoms with E-state index in [0.717, 1.165) is 30.5 Å². The molecule has 0 saturated heterocycles. The highest BCUT2D eigenvalue weighted by Gasteiger charge is 2.13. The molecule has 0 amide bonds. The smallest absolute Gasteiger partial charge is 0.290 e. The zero-order chi connectivity index (χ0) is 13.5. The van der Waals surface area contributed by atoms with Gasteiger partial charge in [0.1, 0.15) is 5.76 Å². The Kier molecular flexibility index (Phi) is 5.80. The zero-order valence-corrected chi connectivity index (χ0v) is 10.9. The van der Waals surface area contributed by atoms with Crippen molar-refractivity contribution in [1.82, 2.24) is 9.64 Å². The number of carbonyl (C=O) groups excluding carboxylic acids is 1. The largest absolute Gasteiger partial charge is 0.396 e. The minimum absolute atomic E-state index is 0.145. The van der Waals surface area contributed by atoms with Crippen LogP contribution in [0, 0.1) is 6.92 Å². The van der Waals surface area contributed by atoms with Crippen molar-refractivity contribution >= 4 is 5.91 Å². The second kappa shape index (κ2) is 7.13. The zero-order valence-electron chi connectivity index (χ0n) is 10.9. The molecule has 0 saturated carbocycles. The van der Waals surface area contributed by atoms with Gasteiger partial charge in [0, 0.05) is 12.7 Å². The number of hydrogen-bond acceptors (Lipinski definition) is 5. The molecular formula is C12H20N2O4. The van der Waals surface area contributed by atoms with E-state index in [4.69, 9.17) is 9.63 Å². The normalized spacial score (nSPS) is 11.1. The summed E-state index contributed by atoms with van der Waals surface area (Å²) in [6.07, 6.45) is 2.61. The topological polar surface area (TPSA) is 75.7 Å². The molecule has 6 nitrogen and oxygen atoms in total. The van der Waals surface area contributed by atoms with Crippen LogP contribution in [0.25, 0.3) is 0 Å². The summed E-state index contributed by atoms with van der Waals surface area (Å²) in [5, 5.41) is 8.64. The molecule has 1 heterocycles. The number of carbonyl (C=O) groups is 1. The first-order chi connectivity index (χ1) is 8.54. The van der Waals surface area contributed by atoms with Crippen molar-refractivity contribution in [1.29, 1.82) is 0 Å².